The molecule has 3 fully saturated rings. The zero-order valence-corrected chi connectivity index (χ0v) is 37.8. The van der Waals surface area contributed by atoms with Crippen LogP contribution in [0, 0.1) is 17.8 Å². The molecule has 5 aliphatic rings. The highest BCUT2D eigenvalue weighted by atomic mass is 16.6. The van der Waals surface area contributed by atoms with Gasteiger partial charge in [0.1, 0.15) is 35.5 Å². The highest BCUT2D eigenvalue weighted by Crippen LogP contribution is 2.65. The Bertz CT molecular complexity index is 2740. The van der Waals surface area contributed by atoms with Crippen molar-refractivity contribution in [3.8, 4) is 29.1 Å². The van der Waals surface area contributed by atoms with Crippen molar-refractivity contribution in [3.05, 3.63) is 154 Å². The number of hydrogen-bond donors (Lipinski definition) is 3. The van der Waals surface area contributed by atoms with Crippen LogP contribution in [0.2, 0.25) is 0 Å². The summed E-state index contributed by atoms with van der Waals surface area (Å²) in [5.74, 6) is 5.33. The second-order valence-electron chi connectivity index (χ2n) is 18.3. The number of cyclic esters (lactones) is 1. The second-order valence-corrected chi connectivity index (χ2v) is 18.3. The molecule has 0 aromatic heterocycles. The van der Waals surface area contributed by atoms with Crippen molar-refractivity contribution in [3.63, 3.8) is 0 Å². The minimum Gasteiger partial charge on any atom is -0.493 e. The number of carbonyl (C=O) groups excluding carboxylic acids is 3. The van der Waals surface area contributed by atoms with E-state index >= 15 is 14.4 Å². The predicted molar refractivity (Wildman–Crippen MR) is 250 cm³/mol. The molecule has 0 unspecified atom stereocenters. The Morgan fingerprint density at radius 1 is 0.806 bits per heavy atom. The van der Waals surface area contributed by atoms with Crippen molar-refractivity contribution in [1.82, 2.24) is 9.80 Å². The number of methoxy groups -OCH3 is 2. The van der Waals surface area contributed by atoms with Crippen LogP contribution < -0.4 is 19.5 Å². The summed E-state index contributed by atoms with van der Waals surface area (Å²) in [6, 6.07) is 33.2. The molecule has 4 heterocycles. The topological polar surface area (TPSA) is 147 Å². The molecule has 12 heteroatoms. The molecule has 2 saturated heterocycles. The summed E-state index contributed by atoms with van der Waals surface area (Å²) in [5, 5.41) is 24.7. The highest BCUT2D eigenvalue weighted by molar-refractivity contribution is 6.12. The van der Waals surface area contributed by atoms with Crippen molar-refractivity contribution in [2.45, 2.75) is 86.7 Å². The summed E-state index contributed by atoms with van der Waals surface area (Å²) >= 11 is 0. The molecule has 0 bridgehead atoms. The van der Waals surface area contributed by atoms with E-state index in [4.69, 9.17) is 18.9 Å². The van der Waals surface area contributed by atoms with E-state index in [2.05, 4.69) is 22.1 Å². The molecule has 12 nitrogen and oxygen atoms in total. The van der Waals surface area contributed by atoms with Crippen molar-refractivity contribution >= 4 is 23.5 Å². The lowest BCUT2D eigenvalue weighted by Crippen LogP contribution is -2.56. The van der Waals surface area contributed by atoms with Gasteiger partial charge < -0.3 is 39.4 Å². The lowest BCUT2D eigenvalue weighted by atomic mass is 9.64. The number of morpholine rings is 1. The van der Waals surface area contributed by atoms with Crippen LogP contribution in [0.25, 0.3) is 0 Å². The smallest absolute Gasteiger partial charge is 0.324 e. The van der Waals surface area contributed by atoms with E-state index in [1.807, 2.05) is 109 Å². The molecule has 3 N–H and O–H groups in total. The first-order valence-electron chi connectivity index (χ1n) is 23.3. The Hall–Kier alpha value is -6.65. The maximum atomic E-state index is 16.2. The minimum absolute atomic E-state index is 0.0343. The fourth-order valence-corrected chi connectivity index (χ4v) is 11.5. The Kier molecular flexibility index (Phi) is 12.0. The van der Waals surface area contributed by atoms with Gasteiger partial charge in [0.15, 0.2) is 11.5 Å². The van der Waals surface area contributed by atoms with Crippen LogP contribution in [0.4, 0.5) is 5.69 Å². The minimum atomic E-state index is -1.75. The lowest BCUT2D eigenvalue weighted by Gasteiger charge is -2.46. The van der Waals surface area contributed by atoms with E-state index in [1.165, 1.54) is 0 Å². The van der Waals surface area contributed by atoms with E-state index in [9.17, 15) is 10.2 Å². The van der Waals surface area contributed by atoms with Gasteiger partial charge in [-0.1, -0.05) is 97.5 Å². The Labute approximate surface area is 390 Å². The fourth-order valence-electron chi connectivity index (χ4n) is 11.5. The Morgan fingerprint density at radius 3 is 2.19 bits per heavy atom. The summed E-state index contributed by atoms with van der Waals surface area (Å²) in [6.07, 6.45) is 4.66. The van der Waals surface area contributed by atoms with Crippen LogP contribution in [0.1, 0.15) is 95.7 Å². The van der Waals surface area contributed by atoms with Crippen LogP contribution in [-0.4, -0.2) is 83.4 Å². The van der Waals surface area contributed by atoms with Gasteiger partial charge >= 0.3 is 5.97 Å². The Morgan fingerprint density at radius 2 is 1.49 bits per heavy atom. The van der Waals surface area contributed by atoms with Crippen LogP contribution in [0.15, 0.2) is 115 Å². The average molecular weight is 902 g/mol. The lowest BCUT2D eigenvalue weighted by molar-refractivity contribution is -0.179. The van der Waals surface area contributed by atoms with Gasteiger partial charge in [-0.3, -0.25) is 19.3 Å². The molecule has 2 amide bonds. The number of aliphatic hydroxyl groups is 2. The fraction of sp³-hybridized carbons (Fsp3) is 0.364. The molecule has 344 valence electrons. The molecule has 67 heavy (non-hydrogen) atoms. The molecule has 5 aromatic carbocycles. The zero-order valence-electron chi connectivity index (χ0n) is 37.8. The van der Waals surface area contributed by atoms with Gasteiger partial charge in [-0.15, -0.1) is 0 Å². The SMILES string of the molecule is COc1cc2c(cc1OC)CN(C(=O)[C@H]1[C@@H]3C(=O)O[C@@H](c4ccccc4)[C@@H](c4ccccc4)N3[C@@H](c3cccc(OCCO)c3)[C@]13C(=O)Nc1ccc(C#CC4(O)CCCCCC4)cc13)CC2. The number of benzene rings is 5. The largest absolute Gasteiger partial charge is 0.493 e. The zero-order chi connectivity index (χ0) is 46.3. The molecular weight excluding hydrogens is 847 g/mol. The van der Waals surface area contributed by atoms with Gasteiger partial charge in [-0.25, -0.2) is 0 Å². The molecule has 1 saturated carbocycles. The van der Waals surface area contributed by atoms with E-state index < -0.39 is 53.0 Å². The van der Waals surface area contributed by atoms with E-state index in [1.54, 1.807) is 25.2 Å². The average Bonchev–Trinajstić information content (AvgIpc) is 3.73. The highest BCUT2D eigenvalue weighted by Gasteiger charge is 2.74. The number of nitrogens with one attached hydrogen (secondary N) is 1. The molecule has 1 spiro atoms. The monoisotopic (exact) mass is 901 g/mol. The number of carbonyl (C=O) groups is 3. The quantitative estimate of drug-likeness (QED) is 0.0779. The van der Waals surface area contributed by atoms with Gasteiger partial charge in [-0.05, 0) is 108 Å². The molecule has 6 atom stereocenters. The molecule has 5 aromatic rings. The van der Waals surface area contributed by atoms with Crippen molar-refractivity contribution < 1.29 is 43.5 Å². The van der Waals surface area contributed by atoms with Crippen LogP contribution >= 0.6 is 0 Å². The number of ether oxygens (including phenoxy) is 4. The summed E-state index contributed by atoms with van der Waals surface area (Å²) in [4.78, 5) is 51.3. The maximum Gasteiger partial charge on any atom is 0.324 e. The standard InChI is InChI=1S/C55H55N3O9/c1-64-44-32-38-23-27-57(34-40(38)33-45(44)65-2)51(60)46-48-52(61)67-49(37-16-9-6-10-17-37)47(36-14-7-5-8-15-36)58(48)50(39-18-13-19-41(31-39)66-29-28-59)55(46)42-30-35(20-21-43(42)56-53(55)62)22-26-54(63)24-11-3-4-12-25-54/h5-10,13-21,30-33,46-50,59,63H,3-4,11-12,23-25,27-29,34H2,1-2H3,(H,56,62)/t46-,47-,48-,49+,50+,55-/m1/s1. The van der Waals surface area contributed by atoms with Gasteiger partial charge in [0.05, 0.1) is 38.8 Å². The van der Waals surface area contributed by atoms with Gasteiger partial charge in [0, 0.05) is 24.3 Å². The number of rotatable bonds is 9. The normalized spacial score (nSPS) is 25.1. The van der Waals surface area contributed by atoms with E-state index in [0.717, 1.165) is 47.9 Å². The summed E-state index contributed by atoms with van der Waals surface area (Å²) < 4.78 is 24.0. The number of fused-ring (bicyclic) bond motifs is 4. The third-order valence-corrected chi connectivity index (χ3v) is 14.5. The molecule has 4 aliphatic heterocycles. The Balaban J connectivity index is 1.22. The second kappa shape index (κ2) is 18.2. The van der Waals surface area contributed by atoms with Crippen LogP contribution in [-0.2, 0) is 37.5 Å². The van der Waals surface area contributed by atoms with Gasteiger partial charge in [0.2, 0.25) is 11.8 Å². The molecular formula is C55H55N3O9. The molecule has 10 rings (SSSR count). The number of nitrogens with zero attached hydrogens (tertiary/aromatic N) is 2. The van der Waals surface area contributed by atoms with Gasteiger partial charge in [-0.2, -0.15) is 0 Å². The third kappa shape index (κ3) is 7.78. The number of hydrogen-bond acceptors (Lipinski definition) is 10. The first-order chi connectivity index (χ1) is 32.7. The van der Waals surface area contributed by atoms with E-state index in [0.29, 0.717) is 65.4 Å². The third-order valence-electron chi connectivity index (χ3n) is 14.5. The summed E-state index contributed by atoms with van der Waals surface area (Å²) in [5.41, 5.74) is 2.79. The number of amides is 2. The maximum absolute atomic E-state index is 16.2. The van der Waals surface area contributed by atoms with E-state index in [-0.39, 0.29) is 25.7 Å². The number of anilines is 1. The molecule has 1 aliphatic carbocycles. The first-order valence-corrected chi connectivity index (χ1v) is 23.3. The molecule has 0 radical (unpaired) electrons. The predicted octanol–water partition coefficient (Wildman–Crippen LogP) is 7.37. The summed E-state index contributed by atoms with van der Waals surface area (Å²) in [6.45, 7) is 0.339. The van der Waals surface area contributed by atoms with Crippen LogP contribution in [0.3, 0.4) is 0 Å². The number of aliphatic hydroxyl groups excluding tert-OH is 1. The van der Waals surface area contributed by atoms with Crippen molar-refractivity contribution in [2.75, 3.05) is 39.3 Å². The number of esters is 1. The van der Waals surface area contributed by atoms with Crippen molar-refractivity contribution in [1.29, 1.82) is 0 Å². The first kappa shape index (κ1) is 44.2. The van der Waals surface area contributed by atoms with Crippen LogP contribution in [0.5, 0.6) is 17.2 Å². The van der Waals surface area contributed by atoms with Crippen molar-refractivity contribution in [2.24, 2.45) is 5.92 Å². The summed E-state index contributed by atoms with van der Waals surface area (Å²) in [7, 11) is 3.16. The van der Waals surface area contributed by atoms with Gasteiger partial charge in [0.25, 0.3) is 0 Å².